The maximum atomic E-state index is 9.06. The predicted molar refractivity (Wildman–Crippen MR) is 70.1 cm³/mol. The van der Waals surface area contributed by atoms with Gasteiger partial charge in [-0.15, -0.1) is 0 Å². The van der Waals surface area contributed by atoms with Crippen molar-refractivity contribution in [3.8, 4) is 6.07 Å². The molecular weight excluding hydrogens is 198 g/mol. The summed E-state index contributed by atoms with van der Waals surface area (Å²) in [5.74, 6) is -0.170. The quantitative estimate of drug-likeness (QED) is 0.426. The zero-order valence-corrected chi connectivity index (χ0v) is 11.1. The second-order valence-corrected chi connectivity index (χ2v) is 3.33. The Labute approximate surface area is 99.6 Å². The molecule has 0 aromatic carbocycles. The third-order valence-corrected chi connectivity index (χ3v) is 2.09. The largest absolute Gasteiger partial charge is 0.507 e. The Kier molecular flexibility index (Phi) is 10.6. The van der Waals surface area contributed by atoms with Gasteiger partial charge >= 0.3 is 0 Å². The Morgan fingerprint density at radius 2 is 1.88 bits per heavy atom. The Bertz CT molecular complexity index is 316. The lowest BCUT2D eigenvalue weighted by molar-refractivity contribution is 0.430. The highest BCUT2D eigenvalue weighted by molar-refractivity contribution is 5.42. The molecule has 0 fully saturated rings. The molecule has 0 unspecified atom stereocenters. The van der Waals surface area contributed by atoms with Gasteiger partial charge in [-0.3, -0.25) is 0 Å². The summed E-state index contributed by atoms with van der Waals surface area (Å²) in [4.78, 5) is 0. The second kappa shape index (κ2) is 10.0. The van der Waals surface area contributed by atoms with E-state index < -0.39 is 0 Å². The number of aliphatic hydroxyl groups is 1. The van der Waals surface area contributed by atoms with E-state index in [0.29, 0.717) is 0 Å². The van der Waals surface area contributed by atoms with Gasteiger partial charge in [0.1, 0.15) is 11.8 Å². The zero-order valence-electron chi connectivity index (χ0n) is 11.1. The number of rotatable bonds is 4. The summed E-state index contributed by atoms with van der Waals surface area (Å²) in [5, 5.41) is 17.8. The summed E-state index contributed by atoms with van der Waals surface area (Å²) in [6, 6.07) is 1.91. The van der Waals surface area contributed by atoms with Gasteiger partial charge < -0.3 is 5.11 Å². The van der Waals surface area contributed by atoms with Crippen molar-refractivity contribution >= 4 is 0 Å². The van der Waals surface area contributed by atoms with E-state index in [1.807, 2.05) is 33.8 Å². The number of allylic oxidation sites excluding steroid dienone is 4. The number of aliphatic hydroxyl groups excluding tert-OH is 1. The molecule has 0 rings (SSSR count). The molecule has 0 aromatic rings. The normalized spacial score (nSPS) is 11.9. The Hall–Kier alpha value is -1.49. The minimum atomic E-state index is -0.170. The summed E-state index contributed by atoms with van der Waals surface area (Å²) in [6.45, 7) is 13.4. The van der Waals surface area contributed by atoms with Crippen LogP contribution in [-0.2, 0) is 0 Å². The van der Waals surface area contributed by atoms with E-state index in [0.717, 1.165) is 18.4 Å². The number of nitriles is 1. The van der Waals surface area contributed by atoms with Crippen LogP contribution in [0.25, 0.3) is 0 Å². The monoisotopic (exact) mass is 221 g/mol. The fraction of sp³-hybridized carbons (Fsp3) is 0.500. The van der Waals surface area contributed by atoms with Crippen molar-refractivity contribution in [2.45, 2.75) is 47.5 Å². The van der Waals surface area contributed by atoms with E-state index in [1.165, 1.54) is 5.57 Å². The van der Waals surface area contributed by atoms with Gasteiger partial charge in [0.2, 0.25) is 0 Å². The summed E-state index contributed by atoms with van der Waals surface area (Å²) < 4.78 is 0. The highest BCUT2D eigenvalue weighted by Crippen LogP contribution is 2.14. The van der Waals surface area contributed by atoms with Crippen LogP contribution in [0.3, 0.4) is 0 Å². The van der Waals surface area contributed by atoms with Gasteiger partial charge in [-0.1, -0.05) is 44.9 Å². The summed E-state index contributed by atoms with van der Waals surface area (Å²) >= 11 is 0. The van der Waals surface area contributed by atoms with Crippen LogP contribution in [0.5, 0.6) is 0 Å². The van der Waals surface area contributed by atoms with Crippen LogP contribution in [0.2, 0.25) is 0 Å². The summed E-state index contributed by atoms with van der Waals surface area (Å²) in [5.41, 5.74) is 2.50. The van der Waals surface area contributed by atoms with Gasteiger partial charge in [0.15, 0.2) is 0 Å². The topological polar surface area (TPSA) is 44.0 Å². The Morgan fingerprint density at radius 3 is 2.19 bits per heavy atom. The van der Waals surface area contributed by atoms with Gasteiger partial charge in [-0.25, -0.2) is 0 Å². The van der Waals surface area contributed by atoms with E-state index in [1.54, 1.807) is 6.08 Å². The maximum Gasteiger partial charge on any atom is 0.126 e. The minimum Gasteiger partial charge on any atom is -0.507 e. The van der Waals surface area contributed by atoms with Crippen LogP contribution in [0.4, 0.5) is 0 Å². The average molecular weight is 221 g/mol. The molecule has 0 spiro atoms. The first-order chi connectivity index (χ1) is 7.52. The van der Waals surface area contributed by atoms with Crippen LogP contribution in [0.1, 0.15) is 47.5 Å². The Morgan fingerprint density at radius 1 is 1.38 bits per heavy atom. The smallest absolute Gasteiger partial charge is 0.126 e. The van der Waals surface area contributed by atoms with Crippen LogP contribution in [0, 0.1) is 11.3 Å². The van der Waals surface area contributed by atoms with Crippen LogP contribution in [0.15, 0.2) is 35.1 Å². The minimum absolute atomic E-state index is 0.170. The van der Waals surface area contributed by atoms with Gasteiger partial charge in [0, 0.05) is 0 Å². The molecule has 0 aromatic heterocycles. The molecule has 0 amide bonds. The van der Waals surface area contributed by atoms with Gasteiger partial charge in [-0.2, -0.15) is 5.26 Å². The standard InChI is InChI=1S/C12H17NO.C2H6/c1-5-6-9(2)10(3)7-12(8-13)11(4)14;1-2/h7,14H,4-6H2,1-3H3;1-2H3/b10-9+,12-7-;. The van der Waals surface area contributed by atoms with E-state index in [-0.39, 0.29) is 11.3 Å². The highest BCUT2D eigenvalue weighted by atomic mass is 16.3. The number of hydrogen-bond donors (Lipinski definition) is 1. The lowest BCUT2D eigenvalue weighted by Crippen LogP contribution is -1.87. The van der Waals surface area contributed by atoms with Crippen molar-refractivity contribution in [2.24, 2.45) is 0 Å². The Balaban J connectivity index is 0. The summed E-state index contributed by atoms with van der Waals surface area (Å²) in [7, 11) is 0. The molecule has 0 heterocycles. The van der Waals surface area contributed by atoms with Crippen LogP contribution < -0.4 is 0 Å². The SMILES string of the molecule is C=C(O)/C(C#N)=C\C(C)=C(/C)CCC.CC. The molecule has 16 heavy (non-hydrogen) atoms. The van der Waals surface area contributed by atoms with Crippen molar-refractivity contribution in [1.29, 1.82) is 5.26 Å². The molecule has 0 bridgehead atoms. The average Bonchev–Trinajstić information content (AvgIpc) is 2.28. The molecule has 0 saturated carbocycles. The molecule has 0 radical (unpaired) electrons. The van der Waals surface area contributed by atoms with Gasteiger partial charge in [0.05, 0.1) is 5.57 Å². The third-order valence-electron chi connectivity index (χ3n) is 2.09. The molecule has 0 aliphatic carbocycles. The predicted octanol–water partition coefficient (Wildman–Crippen LogP) is 4.67. The van der Waals surface area contributed by atoms with E-state index in [9.17, 15) is 0 Å². The molecule has 0 atom stereocenters. The molecule has 90 valence electrons. The van der Waals surface area contributed by atoms with E-state index in [2.05, 4.69) is 13.5 Å². The lowest BCUT2D eigenvalue weighted by Gasteiger charge is -2.02. The number of hydrogen-bond acceptors (Lipinski definition) is 2. The molecule has 2 heteroatoms. The zero-order chi connectivity index (χ0) is 13.1. The van der Waals surface area contributed by atoms with Crippen LogP contribution >= 0.6 is 0 Å². The fourth-order valence-corrected chi connectivity index (χ4v) is 1.09. The fourth-order valence-electron chi connectivity index (χ4n) is 1.09. The van der Waals surface area contributed by atoms with Crippen molar-refractivity contribution in [3.63, 3.8) is 0 Å². The molecule has 0 aliphatic heterocycles. The first kappa shape index (κ1) is 16.9. The third kappa shape index (κ3) is 6.89. The van der Waals surface area contributed by atoms with Crippen molar-refractivity contribution < 1.29 is 5.11 Å². The highest BCUT2D eigenvalue weighted by Gasteiger charge is 2.00. The van der Waals surface area contributed by atoms with Crippen molar-refractivity contribution in [2.75, 3.05) is 0 Å². The molecular formula is C14H23NO. The second-order valence-electron chi connectivity index (χ2n) is 3.33. The first-order valence-corrected chi connectivity index (χ1v) is 5.69. The van der Waals surface area contributed by atoms with Crippen molar-refractivity contribution in [3.05, 3.63) is 35.1 Å². The first-order valence-electron chi connectivity index (χ1n) is 5.69. The molecule has 0 aliphatic rings. The van der Waals surface area contributed by atoms with E-state index in [4.69, 9.17) is 10.4 Å². The van der Waals surface area contributed by atoms with E-state index >= 15 is 0 Å². The summed E-state index contributed by atoms with van der Waals surface area (Å²) in [6.07, 6.45) is 3.77. The molecule has 1 N–H and O–H groups in total. The maximum absolute atomic E-state index is 9.06. The van der Waals surface area contributed by atoms with Crippen LogP contribution in [-0.4, -0.2) is 5.11 Å². The number of nitrogens with zero attached hydrogens (tertiary/aromatic N) is 1. The molecule has 2 nitrogen and oxygen atoms in total. The van der Waals surface area contributed by atoms with Gasteiger partial charge in [0.25, 0.3) is 0 Å². The van der Waals surface area contributed by atoms with Gasteiger partial charge in [-0.05, 0) is 26.3 Å². The molecule has 0 saturated heterocycles. The lowest BCUT2D eigenvalue weighted by atomic mass is 10.0. The van der Waals surface area contributed by atoms with Crippen molar-refractivity contribution in [1.82, 2.24) is 0 Å².